The number of carbonyl (C=O) groups is 1. The second-order valence-electron chi connectivity index (χ2n) is 7.26. The number of aryl methyl sites for hydroxylation is 3. The standard InChI is InChI=1S/C22H29N4O2/c1-6-18-14-20(21(28-5)23-17(18)4)24-22(27)26-9-7-25(8-10-26)19-12-15(2)11-16(3)13-19/h6,11-14H,7-10H2,1-5H3,(H,24,27). The van der Waals surface area contributed by atoms with E-state index in [0.717, 1.165) is 24.3 Å². The summed E-state index contributed by atoms with van der Waals surface area (Å²) in [4.78, 5) is 21.4. The third-order valence-corrected chi connectivity index (χ3v) is 5.10. The molecule has 1 aliphatic rings. The van der Waals surface area contributed by atoms with Gasteiger partial charge in [0.2, 0.25) is 5.88 Å². The largest absolute Gasteiger partial charge is 0.480 e. The number of ether oxygens (including phenoxy) is 1. The van der Waals surface area contributed by atoms with Crippen molar-refractivity contribution in [3.05, 3.63) is 53.1 Å². The minimum Gasteiger partial charge on any atom is -0.480 e. The smallest absolute Gasteiger partial charge is 0.322 e. The van der Waals surface area contributed by atoms with Crippen molar-refractivity contribution in [1.82, 2.24) is 9.88 Å². The van der Waals surface area contributed by atoms with Crippen LogP contribution in [0.1, 0.15) is 29.3 Å². The van der Waals surface area contributed by atoms with Crippen molar-refractivity contribution in [3.8, 4) is 5.88 Å². The Hall–Kier alpha value is -2.76. The van der Waals surface area contributed by atoms with Crippen molar-refractivity contribution in [2.75, 3.05) is 43.5 Å². The van der Waals surface area contributed by atoms with Gasteiger partial charge >= 0.3 is 6.03 Å². The molecule has 1 aromatic heterocycles. The number of benzene rings is 1. The van der Waals surface area contributed by atoms with E-state index in [1.165, 1.54) is 16.8 Å². The Balaban J connectivity index is 1.66. The van der Waals surface area contributed by atoms with Crippen LogP contribution in [-0.2, 0) is 0 Å². The molecule has 6 nitrogen and oxygen atoms in total. The number of rotatable bonds is 4. The Bertz CT molecular complexity index is 838. The Morgan fingerprint density at radius 2 is 1.71 bits per heavy atom. The second kappa shape index (κ2) is 8.50. The average Bonchev–Trinajstić information content (AvgIpc) is 2.68. The maximum Gasteiger partial charge on any atom is 0.322 e. The lowest BCUT2D eigenvalue weighted by Crippen LogP contribution is -2.50. The molecule has 0 spiro atoms. The minimum atomic E-state index is -0.119. The number of amides is 2. The van der Waals surface area contributed by atoms with Crippen LogP contribution < -0.4 is 15.0 Å². The first-order valence-electron chi connectivity index (χ1n) is 9.65. The maximum atomic E-state index is 12.8. The van der Waals surface area contributed by atoms with Gasteiger partial charge in [0.05, 0.1) is 7.11 Å². The van der Waals surface area contributed by atoms with Crippen LogP contribution in [-0.4, -0.2) is 49.2 Å². The van der Waals surface area contributed by atoms with Crippen molar-refractivity contribution in [1.29, 1.82) is 0 Å². The van der Waals surface area contributed by atoms with E-state index in [4.69, 9.17) is 4.74 Å². The first-order valence-corrected chi connectivity index (χ1v) is 9.65. The van der Waals surface area contributed by atoms with Gasteiger partial charge in [-0.2, -0.15) is 0 Å². The van der Waals surface area contributed by atoms with Gasteiger partial charge in [0, 0.05) is 37.6 Å². The molecule has 2 heterocycles. The first kappa shape index (κ1) is 20.0. The van der Waals surface area contributed by atoms with Gasteiger partial charge in [-0.3, -0.25) is 0 Å². The van der Waals surface area contributed by atoms with Gasteiger partial charge in [0.25, 0.3) is 0 Å². The van der Waals surface area contributed by atoms with Crippen LogP contribution in [0.4, 0.5) is 16.2 Å². The molecule has 28 heavy (non-hydrogen) atoms. The maximum absolute atomic E-state index is 12.8. The third kappa shape index (κ3) is 4.38. The zero-order valence-corrected chi connectivity index (χ0v) is 17.4. The van der Waals surface area contributed by atoms with E-state index in [9.17, 15) is 4.79 Å². The molecule has 1 N–H and O–H groups in total. The summed E-state index contributed by atoms with van der Waals surface area (Å²) in [5.74, 6) is 0.435. The van der Waals surface area contributed by atoms with Crippen molar-refractivity contribution in [2.45, 2.75) is 27.7 Å². The zero-order chi connectivity index (χ0) is 20.3. The number of aromatic nitrogens is 1. The molecule has 0 saturated carbocycles. The number of methoxy groups -OCH3 is 1. The summed E-state index contributed by atoms with van der Waals surface area (Å²) in [5.41, 5.74) is 6.21. The number of nitrogens with one attached hydrogen (secondary N) is 1. The molecule has 2 aromatic rings. The second-order valence-corrected chi connectivity index (χ2v) is 7.26. The molecule has 1 saturated heterocycles. The summed E-state index contributed by atoms with van der Waals surface area (Å²) in [7, 11) is 1.56. The lowest BCUT2D eigenvalue weighted by atomic mass is 10.1. The first-order chi connectivity index (χ1) is 13.4. The average molecular weight is 382 g/mol. The molecule has 2 amide bonds. The van der Waals surface area contributed by atoms with Crippen molar-refractivity contribution in [2.24, 2.45) is 0 Å². The van der Waals surface area contributed by atoms with Crippen LogP contribution >= 0.6 is 0 Å². The molecule has 0 aliphatic carbocycles. The van der Waals surface area contributed by atoms with E-state index < -0.39 is 0 Å². The van der Waals surface area contributed by atoms with Gasteiger partial charge in [0.1, 0.15) is 5.69 Å². The Labute approximate surface area is 167 Å². The summed E-state index contributed by atoms with van der Waals surface area (Å²) in [6.07, 6.45) is 1.97. The highest BCUT2D eigenvalue weighted by molar-refractivity contribution is 5.91. The van der Waals surface area contributed by atoms with E-state index in [0.29, 0.717) is 24.7 Å². The number of hydrogen-bond acceptors (Lipinski definition) is 4. The van der Waals surface area contributed by atoms with Crippen LogP contribution in [0.15, 0.2) is 24.3 Å². The number of pyridine rings is 1. The normalized spacial score (nSPS) is 14.2. The highest BCUT2D eigenvalue weighted by atomic mass is 16.5. The fourth-order valence-electron chi connectivity index (χ4n) is 3.63. The molecular weight excluding hydrogens is 352 g/mol. The number of piperazine rings is 1. The van der Waals surface area contributed by atoms with Crippen molar-refractivity contribution < 1.29 is 9.53 Å². The Kier molecular flexibility index (Phi) is 6.07. The predicted octanol–water partition coefficient (Wildman–Crippen LogP) is 3.94. The summed E-state index contributed by atoms with van der Waals surface area (Å²) in [6, 6.07) is 8.37. The lowest BCUT2D eigenvalue weighted by molar-refractivity contribution is 0.208. The quantitative estimate of drug-likeness (QED) is 0.871. The number of anilines is 2. The Morgan fingerprint density at radius 3 is 2.29 bits per heavy atom. The van der Waals surface area contributed by atoms with E-state index in [1.54, 1.807) is 7.11 Å². The lowest BCUT2D eigenvalue weighted by Gasteiger charge is -2.36. The molecule has 1 fully saturated rings. The number of carbonyl (C=O) groups excluding carboxylic acids is 1. The fourth-order valence-corrected chi connectivity index (χ4v) is 3.63. The van der Waals surface area contributed by atoms with E-state index in [2.05, 4.69) is 47.2 Å². The summed E-state index contributed by atoms with van der Waals surface area (Å²) in [6.45, 7) is 11.1. The summed E-state index contributed by atoms with van der Waals surface area (Å²) in [5, 5.41) is 2.97. The van der Waals surface area contributed by atoms with Crippen LogP contribution in [0.2, 0.25) is 0 Å². The highest BCUT2D eigenvalue weighted by Crippen LogP contribution is 2.26. The molecule has 0 atom stereocenters. The van der Waals surface area contributed by atoms with Gasteiger partial charge in [-0.1, -0.05) is 13.0 Å². The van der Waals surface area contributed by atoms with Crippen molar-refractivity contribution >= 4 is 17.4 Å². The zero-order valence-electron chi connectivity index (χ0n) is 17.4. The van der Waals surface area contributed by atoms with Crippen LogP contribution in [0.25, 0.3) is 0 Å². The third-order valence-electron chi connectivity index (χ3n) is 5.10. The van der Waals surface area contributed by atoms with Crippen LogP contribution in [0, 0.1) is 27.2 Å². The molecule has 1 radical (unpaired) electrons. The van der Waals surface area contributed by atoms with E-state index in [-0.39, 0.29) is 6.03 Å². The van der Waals surface area contributed by atoms with Crippen LogP contribution in [0.3, 0.4) is 0 Å². The monoisotopic (exact) mass is 381 g/mol. The predicted molar refractivity (Wildman–Crippen MR) is 113 cm³/mol. The fraction of sp³-hybridized carbons (Fsp3) is 0.409. The van der Waals surface area contributed by atoms with Gasteiger partial charge < -0.3 is 19.9 Å². The van der Waals surface area contributed by atoms with E-state index >= 15 is 0 Å². The van der Waals surface area contributed by atoms with Gasteiger partial charge in [0.15, 0.2) is 0 Å². The van der Waals surface area contributed by atoms with Gasteiger partial charge in [-0.05, 0) is 62.1 Å². The van der Waals surface area contributed by atoms with Gasteiger partial charge in [-0.25, -0.2) is 9.78 Å². The molecule has 0 unspecified atom stereocenters. The topological polar surface area (TPSA) is 57.7 Å². The molecule has 1 aliphatic heterocycles. The molecule has 149 valence electrons. The number of hydrogen-bond donors (Lipinski definition) is 1. The number of nitrogens with zero attached hydrogens (tertiary/aromatic N) is 3. The van der Waals surface area contributed by atoms with E-state index in [1.807, 2.05) is 31.2 Å². The molecule has 1 aromatic carbocycles. The van der Waals surface area contributed by atoms with Gasteiger partial charge in [-0.15, -0.1) is 0 Å². The molecule has 6 heteroatoms. The highest BCUT2D eigenvalue weighted by Gasteiger charge is 2.23. The summed E-state index contributed by atoms with van der Waals surface area (Å²) < 4.78 is 5.34. The summed E-state index contributed by atoms with van der Waals surface area (Å²) >= 11 is 0. The SMILES string of the molecule is C[CH]c1cc(NC(=O)N2CCN(c3cc(C)cc(C)c3)CC2)c(OC)nc1C. The number of urea groups is 1. The minimum absolute atomic E-state index is 0.119. The Morgan fingerprint density at radius 1 is 1.07 bits per heavy atom. The van der Waals surface area contributed by atoms with Crippen molar-refractivity contribution in [3.63, 3.8) is 0 Å². The molecule has 0 bridgehead atoms. The van der Waals surface area contributed by atoms with Crippen LogP contribution in [0.5, 0.6) is 5.88 Å². The molecule has 3 rings (SSSR count). The molecular formula is C22H29N4O2.